The van der Waals surface area contributed by atoms with Crippen LogP contribution in [-0.2, 0) is 4.79 Å². The number of benzene rings is 1. The largest absolute Gasteiger partial charge is 0.494 e. The molecular weight excluding hydrogens is 284 g/mol. The molecule has 4 nitrogen and oxygen atoms in total. The first kappa shape index (κ1) is 16.2. The lowest BCUT2D eigenvalue weighted by molar-refractivity contribution is -0.118. The second-order valence-corrected chi connectivity index (χ2v) is 6.24. The Balaban J connectivity index is 1.61. The number of amides is 1. The molecule has 1 aromatic carbocycles. The first-order valence-corrected chi connectivity index (χ1v) is 8.59. The van der Waals surface area contributed by atoms with Gasteiger partial charge in [-0.25, -0.2) is 0 Å². The molecule has 5 heteroatoms. The van der Waals surface area contributed by atoms with E-state index in [1.807, 2.05) is 31.2 Å². The summed E-state index contributed by atoms with van der Waals surface area (Å²) >= 11 is 1.56. The lowest BCUT2D eigenvalue weighted by Crippen LogP contribution is -2.27. The van der Waals surface area contributed by atoms with Gasteiger partial charge in [0, 0.05) is 11.4 Å². The number of carbonyl (C=O) groups is 1. The van der Waals surface area contributed by atoms with Crippen LogP contribution in [0.5, 0.6) is 5.75 Å². The van der Waals surface area contributed by atoms with Crippen molar-refractivity contribution in [1.82, 2.24) is 10.6 Å². The summed E-state index contributed by atoms with van der Waals surface area (Å²) in [5.41, 5.74) is 0. The van der Waals surface area contributed by atoms with E-state index >= 15 is 0 Å². The van der Waals surface area contributed by atoms with Gasteiger partial charge in [0.1, 0.15) is 5.75 Å². The zero-order valence-electron chi connectivity index (χ0n) is 12.6. The highest BCUT2D eigenvalue weighted by Crippen LogP contribution is 2.21. The van der Waals surface area contributed by atoms with Crippen LogP contribution < -0.4 is 15.4 Å². The van der Waals surface area contributed by atoms with E-state index in [1.165, 1.54) is 6.42 Å². The van der Waals surface area contributed by atoms with E-state index in [4.69, 9.17) is 4.74 Å². The van der Waals surface area contributed by atoms with Gasteiger partial charge < -0.3 is 15.4 Å². The predicted octanol–water partition coefficient (Wildman–Crippen LogP) is 2.29. The molecule has 1 heterocycles. The van der Waals surface area contributed by atoms with Gasteiger partial charge in [0.05, 0.1) is 12.4 Å². The van der Waals surface area contributed by atoms with Crippen molar-refractivity contribution in [3.05, 3.63) is 24.3 Å². The monoisotopic (exact) mass is 308 g/mol. The molecule has 1 fully saturated rings. The highest BCUT2D eigenvalue weighted by atomic mass is 32.2. The second-order valence-electron chi connectivity index (χ2n) is 5.19. The van der Waals surface area contributed by atoms with Gasteiger partial charge in [-0.2, -0.15) is 0 Å². The van der Waals surface area contributed by atoms with Crippen molar-refractivity contribution in [3.63, 3.8) is 0 Å². The van der Waals surface area contributed by atoms with Gasteiger partial charge in [-0.3, -0.25) is 4.79 Å². The first-order valence-electron chi connectivity index (χ1n) is 7.61. The van der Waals surface area contributed by atoms with Gasteiger partial charge in [-0.15, -0.1) is 11.8 Å². The summed E-state index contributed by atoms with van der Waals surface area (Å²) in [5, 5.41) is 6.34. The SMILES string of the molecule is CCOc1ccc(SCC(=O)NCCC2CCNC2)cc1. The maximum Gasteiger partial charge on any atom is 0.230 e. The minimum Gasteiger partial charge on any atom is -0.494 e. The number of carbonyl (C=O) groups excluding carboxylic acids is 1. The highest BCUT2D eigenvalue weighted by molar-refractivity contribution is 8.00. The molecule has 0 aliphatic carbocycles. The van der Waals surface area contributed by atoms with Crippen LogP contribution in [0, 0.1) is 5.92 Å². The molecule has 1 aromatic rings. The van der Waals surface area contributed by atoms with E-state index in [1.54, 1.807) is 11.8 Å². The number of ether oxygens (including phenoxy) is 1. The third-order valence-electron chi connectivity index (χ3n) is 3.54. The van der Waals surface area contributed by atoms with E-state index < -0.39 is 0 Å². The Hall–Kier alpha value is -1.20. The molecule has 1 saturated heterocycles. The van der Waals surface area contributed by atoms with Crippen LogP contribution in [0.1, 0.15) is 19.8 Å². The molecule has 1 atom stereocenters. The molecule has 0 spiro atoms. The Bertz CT molecular complexity index is 430. The minimum atomic E-state index is 0.111. The molecule has 0 radical (unpaired) electrons. The molecule has 1 aliphatic heterocycles. The van der Waals surface area contributed by atoms with Crippen LogP contribution in [0.3, 0.4) is 0 Å². The Kier molecular flexibility index (Phi) is 6.89. The van der Waals surface area contributed by atoms with E-state index in [-0.39, 0.29) is 5.91 Å². The second kappa shape index (κ2) is 8.95. The zero-order chi connectivity index (χ0) is 14.9. The standard InChI is InChI=1S/C16H24N2O2S/c1-2-20-14-3-5-15(6-4-14)21-12-16(19)18-10-8-13-7-9-17-11-13/h3-6,13,17H,2,7-12H2,1H3,(H,18,19). The van der Waals surface area contributed by atoms with Crippen molar-refractivity contribution in [2.75, 3.05) is 32.0 Å². The predicted molar refractivity (Wildman–Crippen MR) is 86.9 cm³/mol. The minimum absolute atomic E-state index is 0.111. The maximum absolute atomic E-state index is 11.8. The fourth-order valence-corrected chi connectivity index (χ4v) is 3.10. The normalized spacial score (nSPS) is 17.7. The summed E-state index contributed by atoms with van der Waals surface area (Å²) < 4.78 is 5.39. The molecule has 2 N–H and O–H groups in total. The molecule has 0 aromatic heterocycles. The number of hydrogen-bond donors (Lipinski definition) is 2. The summed E-state index contributed by atoms with van der Waals surface area (Å²) in [4.78, 5) is 12.9. The van der Waals surface area contributed by atoms with Gasteiger partial charge in [-0.1, -0.05) is 0 Å². The molecule has 1 amide bonds. The quantitative estimate of drug-likeness (QED) is 0.724. The van der Waals surface area contributed by atoms with Crippen LogP contribution in [0.2, 0.25) is 0 Å². The summed E-state index contributed by atoms with van der Waals surface area (Å²) in [6.45, 7) is 5.64. The lowest BCUT2D eigenvalue weighted by Gasteiger charge is -2.09. The fraction of sp³-hybridized carbons (Fsp3) is 0.562. The number of nitrogens with one attached hydrogen (secondary N) is 2. The van der Waals surface area contributed by atoms with Crippen molar-refractivity contribution >= 4 is 17.7 Å². The van der Waals surface area contributed by atoms with E-state index in [0.717, 1.165) is 42.6 Å². The Morgan fingerprint density at radius 3 is 2.90 bits per heavy atom. The molecule has 116 valence electrons. The fourth-order valence-electron chi connectivity index (χ4n) is 2.38. The zero-order valence-corrected chi connectivity index (χ0v) is 13.4. The van der Waals surface area contributed by atoms with E-state index in [9.17, 15) is 4.79 Å². The van der Waals surface area contributed by atoms with E-state index in [0.29, 0.717) is 12.4 Å². The lowest BCUT2D eigenvalue weighted by atomic mass is 10.1. The smallest absolute Gasteiger partial charge is 0.230 e. The van der Waals surface area contributed by atoms with Gasteiger partial charge >= 0.3 is 0 Å². The average Bonchev–Trinajstić information content (AvgIpc) is 3.00. The Morgan fingerprint density at radius 1 is 1.43 bits per heavy atom. The van der Waals surface area contributed by atoms with E-state index in [2.05, 4.69) is 10.6 Å². The summed E-state index contributed by atoms with van der Waals surface area (Å²) in [7, 11) is 0. The van der Waals surface area contributed by atoms with Gasteiger partial charge in [0.15, 0.2) is 0 Å². The molecule has 0 saturated carbocycles. The molecule has 2 rings (SSSR count). The van der Waals surface area contributed by atoms with Crippen molar-refractivity contribution in [2.24, 2.45) is 5.92 Å². The van der Waals surface area contributed by atoms with Gasteiger partial charge in [0.2, 0.25) is 5.91 Å². The third kappa shape index (κ3) is 5.98. The van der Waals surface area contributed by atoms with Crippen LogP contribution in [0.25, 0.3) is 0 Å². The third-order valence-corrected chi connectivity index (χ3v) is 4.55. The summed E-state index contributed by atoms with van der Waals surface area (Å²) in [6.07, 6.45) is 2.31. The van der Waals surface area contributed by atoms with Crippen LogP contribution in [0.4, 0.5) is 0 Å². The Labute approximate surface area is 131 Å². The van der Waals surface area contributed by atoms with Crippen molar-refractivity contribution < 1.29 is 9.53 Å². The number of thioether (sulfide) groups is 1. The van der Waals surface area contributed by atoms with Crippen molar-refractivity contribution in [1.29, 1.82) is 0 Å². The van der Waals surface area contributed by atoms with Gasteiger partial charge in [-0.05, 0) is 63.0 Å². The van der Waals surface area contributed by atoms with Crippen molar-refractivity contribution in [2.45, 2.75) is 24.7 Å². The maximum atomic E-state index is 11.8. The number of hydrogen-bond acceptors (Lipinski definition) is 4. The molecule has 21 heavy (non-hydrogen) atoms. The topological polar surface area (TPSA) is 50.4 Å². The molecular formula is C16H24N2O2S. The van der Waals surface area contributed by atoms with Crippen LogP contribution in [0.15, 0.2) is 29.2 Å². The Morgan fingerprint density at radius 2 is 2.24 bits per heavy atom. The highest BCUT2D eigenvalue weighted by Gasteiger charge is 2.14. The molecule has 1 aliphatic rings. The summed E-state index contributed by atoms with van der Waals surface area (Å²) in [5.74, 6) is 2.18. The van der Waals surface area contributed by atoms with Gasteiger partial charge in [0.25, 0.3) is 0 Å². The number of rotatable bonds is 8. The molecule has 0 bridgehead atoms. The first-order chi connectivity index (χ1) is 10.3. The van der Waals surface area contributed by atoms with Crippen molar-refractivity contribution in [3.8, 4) is 5.75 Å². The van der Waals surface area contributed by atoms with Crippen LogP contribution >= 0.6 is 11.8 Å². The van der Waals surface area contributed by atoms with Crippen LogP contribution in [-0.4, -0.2) is 37.9 Å². The average molecular weight is 308 g/mol. The molecule has 1 unspecified atom stereocenters. The summed E-state index contributed by atoms with van der Waals surface area (Å²) in [6, 6.07) is 7.87.